The molecule has 9 nitrogen and oxygen atoms in total. The molecule has 0 saturated heterocycles. The molecule has 0 saturated carbocycles. The van der Waals surface area contributed by atoms with Crippen molar-refractivity contribution >= 4 is 21.5 Å². The van der Waals surface area contributed by atoms with Gasteiger partial charge >= 0.3 is 12.3 Å². The number of nitrogens with zero attached hydrogens (tertiary/aromatic N) is 2. The highest BCUT2D eigenvalue weighted by molar-refractivity contribution is 7.91. The third-order valence-corrected chi connectivity index (χ3v) is 5.39. The fraction of sp³-hybridized carbons (Fsp3) is 0.294. The monoisotopic (exact) mass is 449 g/mol. The first kappa shape index (κ1) is 23.2. The van der Waals surface area contributed by atoms with Crippen LogP contribution in [0.15, 0.2) is 40.1 Å². The van der Waals surface area contributed by atoms with Gasteiger partial charge in [0.05, 0.1) is 10.6 Å². The Morgan fingerprint density at radius 3 is 2.33 bits per heavy atom. The molecule has 1 aromatic carbocycles. The van der Waals surface area contributed by atoms with E-state index in [0.717, 1.165) is 30.3 Å². The first-order valence-corrected chi connectivity index (χ1v) is 9.72. The van der Waals surface area contributed by atoms with Crippen LogP contribution >= 0.6 is 0 Å². The van der Waals surface area contributed by atoms with E-state index in [1.807, 2.05) is 0 Å². The predicted octanol–water partition coefficient (Wildman–Crippen LogP) is 2.03. The highest BCUT2D eigenvalue weighted by atomic mass is 32.2. The van der Waals surface area contributed by atoms with Crippen LogP contribution in [0.1, 0.15) is 10.5 Å². The van der Waals surface area contributed by atoms with Gasteiger partial charge in [0, 0.05) is 6.54 Å². The second kappa shape index (κ2) is 8.75. The lowest BCUT2D eigenvalue weighted by Crippen LogP contribution is -2.21. The molecule has 3 N–H and O–H groups in total. The summed E-state index contributed by atoms with van der Waals surface area (Å²) in [6.45, 7) is 0.362. The average molecular weight is 449 g/mol. The molecular formula is C17H18F3N3O6S. The molecule has 2 aromatic rings. The van der Waals surface area contributed by atoms with Gasteiger partial charge in [0.2, 0.25) is 15.7 Å². The van der Waals surface area contributed by atoms with Crippen molar-refractivity contribution in [2.24, 2.45) is 0 Å². The lowest BCUT2D eigenvalue weighted by Gasteiger charge is -2.15. The van der Waals surface area contributed by atoms with Crippen LogP contribution < -0.4 is 15.2 Å². The number of benzene rings is 1. The molecule has 0 radical (unpaired) electrons. The fourth-order valence-electron chi connectivity index (χ4n) is 2.23. The van der Waals surface area contributed by atoms with E-state index in [9.17, 15) is 31.5 Å². The molecule has 1 aromatic heterocycles. The Labute approximate surface area is 169 Å². The van der Waals surface area contributed by atoms with Gasteiger partial charge in [-0.15, -0.1) is 13.2 Å². The summed E-state index contributed by atoms with van der Waals surface area (Å²) in [5.74, 6) is -2.58. The van der Waals surface area contributed by atoms with Crippen LogP contribution in [0.3, 0.4) is 0 Å². The maximum atomic E-state index is 13.0. The molecule has 164 valence electrons. The Balaban J connectivity index is 2.48. The summed E-state index contributed by atoms with van der Waals surface area (Å²) in [7, 11) is -0.875. The van der Waals surface area contributed by atoms with Crippen molar-refractivity contribution in [3.8, 4) is 11.6 Å². The number of hydrogen-bond acceptors (Lipinski definition) is 8. The van der Waals surface area contributed by atoms with Gasteiger partial charge in [0.25, 0.3) is 0 Å². The molecule has 0 atom stereocenters. The molecule has 2 rings (SSSR count). The van der Waals surface area contributed by atoms with Crippen LogP contribution in [0.25, 0.3) is 0 Å². The van der Waals surface area contributed by atoms with E-state index in [-0.39, 0.29) is 6.61 Å². The highest BCUT2D eigenvalue weighted by Gasteiger charge is 2.32. The number of rotatable bonds is 8. The van der Waals surface area contributed by atoms with Crippen molar-refractivity contribution in [1.29, 1.82) is 0 Å². The number of aromatic nitrogens is 1. The number of sulfone groups is 1. The van der Waals surface area contributed by atoms with Gasteiger partial charge in [-0.1, -0.05) is 0 Å². The number of carbonyl (C=O) groups is 1. The second-order valence-corrected chi connectivity index (χ2v) is 8.13. The molecule has 13 heteroatoms. The molecule has 0 aliphatic rings. The van der Waals surface area contributed by atoms with Crippen molar-refractivity contribution in [1.82, 2.24) is 9.88 Å². The van der Waals surface area contributed by atoms with E-state index >= 15 is 0 Å². The van der Waals surface area contributed by atoms with Crippen LogP contribution in [0.4, 0.5) is 18.9 Å². The summed E-state index contributed by atoms with van der Waals surface area (Å²) in [6, 6.07) is 4.35. The number of nitrogen functional groups attached to an aromatic ring is 1. The molecule has 0 spiro atoms. The van der Waals surface area contributed by atoms with Crippen LogP contribution in [-0.2, 0) is 9.84 Å². The molecule has 1 heterocycles. The Bertz CT molecular complexity index is 1020. The largest absolute Gasteiger partial charge is 0.573 e. The number of aromatic carboxylic acids is 1. The predicted molar refractivity (Wildman–Crippen MR) is 98.2 cm³/mol. The summed E-state index contributed by atoms with van der Waals surface area (Å²) < 4.78 is 71.9. The van der Waals surface area contributed by atoms with Gasteiger partial charge in [-0.05, 0) is 44.4 Å². The number of anilines is 1. The van der Waals surface area contributed by atoms with Crippen LogP contribution in [0.5, 0.6) is 11.6 Å². The number of alkyl halides is 3. The van der Waals surface area contributed by atoms with E-state index in [1.54, 1.807) is 19.0 Å². The minimum atomic E-state index is -4.93. The van der Waals surface area contributed by atoms with Gasteiger partial charge in [-0.25, -0.2) is 18.2 Å². The Kier molecular flexibility index (Phi) is 6.77. The summed E-state index contributed by atoms with van der Waals surface area (Å²) in [5, 5.41) is 9.18. The van der Waals surface area contributed by atoms with Gasteiger partial charge in [0.15, 0.2) is 5.69 Å². The summed E-state index contributed by atoms with van der Waals surface area (Å²) >= 11 is 0. The third kappa shape index (κ3) is 5.73. The number of likely N-dealkylation sites (N-methyl/N-ethyl adjacent to an activating group) is 1. The van der Waals surface area contributed by atoms with Crippen molar-refractivity contribution in [2.45, 2.75) is 16.2 Å². The van der Waals surface area contributed by atoms with Crippen molar-refractivity contribution in [3.63, 3.8) is 0 Å². The van der Waals surface area contributed by atoms with E-state index in [1.165, 1.54) is 0 Å². The molecular weight excluding hydrogens is 431 g/mol. The Morgan fingerprint density at radius 1 is 1.23 bits per heavy atom. The van der Waals surface area contributed by atoms with Gasteiger partial charge in [0.1, 0.15) is 17.3 Å². The number of halogens is 3. The van der Waals surface area contributed by atoms with E-state index in [0.29, 0.717) is 6.54 Å². The van der Waals surface area contributed by atoms with Crippen molar-refractivity contribution in [2.75, 3.05) is 33.0 Å². The lowest BCUT2D eigenvalue weighted by molar-refractivity contribution is -0.274. The quantitative estimate of drug-likeness (QED) is 0.621. The molecule has 0 unspecified atom stereocenters. The maximum absolute atomic E-state index is 13.0. The second-order valence-electron chi connectivity index (χ2n) is 6.21. The normalized spacial score (nSPS) is 12.1. The highest BCUT2D eigenvalue weighted by Crippen LogP contribution is 2.32. The lowest BCUT2D eigenvalue weighted by atomic mass is 10.3. The molecule has 30 heavy (non-hydrogen) atoms. The smallest absolute Gasteiger partial charge is 0.476 e. The van der Waals surface area contributed by atoms with Gasteiger partial charge in [-0.3, -0.25) is 0 Å². The zero-order chi connectivity index (χ0) is 22.7. The fourth-order valence-corrected chi connectivity index (χ4v) is 3.60. The number of ether oxygens (including phenoxy) is 2. The number of carboxylic acid groups (broad SMARTS) is 1. The molecule has 0 fully saturated rings. The van der Waals surface area contributed by atoms with Crippen LogP contribution in [0.2, 0.25) is 0 Å². The first-order valence-electron chi connectivity index (χ1n) is 8.23. The number of nitrogens with two attached hydrogens (primary N) is 1. The number of hydrogen-bond donors (Lipinski definition) is 2. The van der Waals surface area contributed by atoms with Gasteiger partial charge < -0.3 is 25.2 Å². The standard InChI is InChI=1S/C17H18F3N3O6S/c1-23(2)7-8-28-15-13(9-12(21)14(22-15)16(24)25)30(26,27)11-5-3-10(4-6-11)29-17(18,19)20/h3-6,9H,7-8,21H2,1-2H3,(H,24,25). The molecule has 0 aliphatic carbocycles. The summed E-state index contributed by atoms with van der Waals surface area (Å²) in [6.07, 6.45) is -4.93. The number of pyridine rings is 1. The Morgan fingerprint density at radius 2 is 1.83 bits per heavy atom. The van der Waals surface area contributed by atoms with E-state index in [4.69, 9.17) is 10.5 Å². The minimum Gasteiger partial charge on any atom is -0.476 e. The zero-order valence-corrected chi connectivity index (χ0v) is 16.6. The minimum absolute atomic E-state index is 0.0101. The van der Waals surface area contributed by atoms with Crippen LogP contribution in [0, 0.1) is 0 Å². The SMILES string of the molecule is CN(C)CCOc1nc(C(=O)O)c(N)cc1S(=O)(=O)c1ccc(OC(F)(F)F)cc1. The van der Waals surface area contributed by atoms with Crippen molar-refractivity contribution in [3.05, 3.63) is 36.0 Å². The average Bonchev–Trinajstić information content (AvgIpc) is 2.61. The number of carboxylic acids is 1. The topological polar surface area (TPSA) is 132 Å². The van der Waals surface area contributed by atoms with Gasteiger partial charge in [-0.2, -0.15) is 0 Å². The summed E-state index contributed by atoms with van der Waals surface area (Å²) in [5.41, 5.74) is 4.61. The molecule has 0 bridgehead atoms. The third-order valence-electron chi connectivity index (χ3n) is 3.62. The van der Waals surface area contributed by atoms with Crippen molar-refractivity contribution < 1.29 is 41.0 Å². The molecule has 0 amide bonds. The first-order chi connectivity index (χ1) is 13.8. The maximum Gasteiger partial charge on any atom is 0.573 e. The zero-order valence-electron chi connectivity index (χ0n) is 15.8. The Hall–Kier alpha value is -3.06. The van der Waals surface area contributed by atoms with E-state index in [2.05, 4.69) is 9.72 Å². The molecule has 0 aliphatic heterocycles. The summed E-state index contributed by atoms with van der Waals surface area (Å²) in [4.78, 5) is 15.8. The van der Waals surface area contributed by atoms with E-state index < -0.39 is 55.0 Å². The van der Waals surface area contributed by atoms with Crippen LogP contribution in [-0.4, -0.2) is 63.0 Å².